The first-order valence-corrected chi connectivity index (χ1v) is 10.7. The Balaban J connectivity index is 0.00000512. The van der Waals surface area contributed by atoms with Gasteiger partial charge in [0.05, 0.1) is 7.11 Å². The summed E-state index contributed by atoms with van der Waals surface area (Å²) in [5, 5.41) is 6.77. The Morgan fingerprint density at radius 1 is 1.16 bits per heavy atom. The number of likely N-dealkylation sites (tertiary alicyclic amines) is 1. The van der Waals surface area contributed by atoms with Crippen molar-refractivity contribution in [2.45, 2.75) is 25.3 Å². The maximum Gasteiger partial charge on any atom is 0.409 e. The molecular formula is C22H37IN6O3. The number of methoxy groups -OCH3 is 1. The monoisotopic (exact) mass is 560 g/mol. The molecule has 1 aliphatic heterocycles. The lowest BCUT2D eigenvalue weighted by Crippen LogP contribution is -2.50. The number of para-hydroxylation sites is 1. The average Bonchev–Trinajstić information content (AvgIpc) is 2.80. The van der Waals surface area contributed by atoms with Crippen LogP contribution in [0.4, 0.5) is 10.5 Å². The fraction of sp³-hybridized carbons (Fsp3) is 0.591. The lowest BCUT2D eigenvalue weighted by molar-refractivity contribution is -0.127. The molecule has 1 aromatic carbocycles. The first-order valence-electron chi connectivity index (χ1n) is 10.7. The van der Waals surface area contributed by atoms with Crippen LogP contribution in [0.1, 0.15) is 19.3 Å². The van der Waals surface area contributed by atoms with E-state index in [9.17, 15) is 9.59 Å². The maximum absolute atomic E-state index is 12.0. The van der Waals surface area contributed by atoms with Crippen molar-refractivity contribution in [3.8, 4) is 0 Å². The number of guanidine groups is 1. The average molecular weight is 560 g/mol. The fourth-order valence-corrected chi connectivity index (χ4v) is 3.30. The van der Waals surface area contributed by atoms with Crippen LogP contribution in [-0.2, 0) is 9.53 Å². The summed E-state index contributed by atoms with van der Waals surface area (Å²) in [4.78, 5) is 33.6. The number of halogens is 1. The Morgan fingerprint density at radius 3 is 2.41 bits per heavy atom. The number of benzene rings is 1. The molecule has 0 bridgehead atoms. The Hall–Kier alpha value is -2.24. The summed E-state index contributed by atoms with van der Waals surface area (Å²) in [6, 6.07) is 10.5. The summed E-state index contributed by atoms with van der Waals surface area (Å²) in [6.45, 7) is 3.00. The molecule has 1 aromatic rings. The van der Waals surface area contributed by atoms with Gasteiger partial charge in [0.2, 0.25) is 5.91 Å². The van der Waals surface area contributed by atoms with E-state index in [0.29, 0.717) is 19.0 Å². The van der Waals surface area contributed by atoms with Crippen molar-refractivity contribution in [1.29, 1.82) is 0 Å². The van der Waals surface area contributed by atoms with E-state index in [-0.39, 0.29) is 48.6 Å². The third-order valence-corrected chi connectivity index (χ3v) is 5.30. The highest BCUT2D eigenvalue weighted by atomic mass is 127. The van der Waals surface area contributed by atoms with Crippen LogP contribution in [0.5, 0.6) is 0 Å². The molecule has 10 heteroatoms. The zero-order chi connectivity index (χ0) is 22.6. The van der Waals surface area contributed by atoms with Crippen LogP contribution in [0.2, 0.25) is 0 Å². The van der Waals surface area contributed by atoms with Gasteiger partial charge in [0, 0.05) is 59.1 Å². The Kier molecular flexibility index (Phi) is 12.8. The molecule has 9 nitrogen and oxygen atoms in total. The van der Waals surface area contributed by atoms with Gasteiger partial charge in [0.1, 0.15) is 6.54 Å². The molecule has 0 unspecified atom stereocenters. The molecule has 2 N–H and O–H groups in total. The standard InChI is InChI=1S/C22H36N6O3.HI/c1-26(2)20(29)17-24-21(25-18-11-15-28(16-12-18)22(30)31-4)23-13-8-14-27(3)19-9-6-5-7-10-19;/h5-7,9-10,18H,8,11-17H2,1-4H3,(H2,23,24,25);1H. The molecule has 32 heavy (non-hydrogen) atoms. The predicted molar refractivity (Wildman–Crippen MR) is 139 cm³/mol. The van der Waals surface area contributed by atoms with Crippen LogP contribution in [0.15, 0.2) is 35.3 Å². The number of aliphatic imine (C=N–C) groups is 1. The molecule has 1 aliphatic rings. The molecule has 0 saturated carbocycles. The number of amides is 2. The third-order valence-electron chi connectivity index (χ3n) is 5.30. The van der Waals surface area contributed by atoms with E-state index in [0.717, 1.165) is 32.4 Å². The molecule has 2 rings (SSSR count). The molecule has 0 aromatic heterocycles. The topological polar surface area (TPSA) is 89.5 Å². The van der Waals surface area contributed by atoms with Crippen molar-refractivity contribution in [3.05, 3.63) is 30.3 Å². The molecule has 0 spiro atoms. The highest BCUT2D eigenvalue weighted by Crippen LogP contribution is 2.12. The number of nitrogens with one attached hydrogen (secondary N) is 2. The summed E-state index contributed by atoms with van der Waals surface area (Å²) in [7, 11) is 6.92. The third kappa shape index (κ3) is 9.49. The van der Waals surface area contributed by atoms with Crippen molar-refractivity contribution in [3.63, 3.8) is 0 Å². The number of hydrogen-bond acceptors (Lipinski definition) is 5. The number of piperidine rings is 1. The first kappa shape index (κ1) is 27.8. The van der Waals surface area contributed by atoms with Gasteiger partial charge in [-0.1, -0.05) is 18.2 Å². The number of hydrogen-bond donors (Lipinski definition) is 2. The molecule has 1 saturated heterocycles. The van der Waals surface area contributed by atoms with Crippen molar-refractivity contribution >= 4 is 47.6 Å². The predicted octanol–water partition coefficient (Wildman–Crippen LogP) is 1.99. The summed E-state index contributed by atoms with van der Waals surface area (Å²) in [5.74, 6) is 0.583. The normalized spacial score (nSPS) is 14.2. The SMILES string of the molecule is COC(=O)N1CCC(NC(=NCC(=O)N(C)C)NCCCN(C)c2ccccc2)CC1.I. The van der Waals surface area contributed by atoms with Crippen LogP contribution in [-0.4, -0.2) is 94.8 Å². The molecule has 2 amide bonds. The van der Waals surface area contributed by atoms with Crippen molar-refractivity contribution in [2.75, 3.05) is 65.9 Å². The van der Waals surface area contributed by atoms with Gasteiger partial charge >= 0.3 is 6.09 Å². The quantitative estimate of drug-likeness (QED) is 0.219. The zero-order valence-corrected chi connectivity index (χ0v) is 21.9. The van der Waals surface area contributed by atoms with Crippen LogP contribution in [0, 0.1) is 0 Å². The number of carbonyl (C=O) groups is 2. The molecule has 1 heterocycles. The summed E-state index contributed by atoms with van der Waals surface area (Å²) in [5.41, 5.74) is 1.18. The van der Waals surface area contributed by atoms with Gasteiger partial charge in [-0.2, -0.15) is 0 Å². The first-order chi connectivity index (χ1) is 14.9. The number of carbonyl (C=O) groups excluding carboxylic acids is 2. The Bertz CT molecular complexity index is 724. The number of anilines is 1. The lowest BCUT2D eigenvalue weighted by atomic mass is 10.1. The van der Waals surface area contributed by atoms with E-state index >= 15 is 0 Å². The highest BCUT2D eigenvalue weighted by Gasteiger charge is 2.23. The largest absolute Gasteiger partial charge is 0.453 e. The van der Waals surface area contributed by atoms with E-state index in [1.54, 1.807) is 19.0 Å². The van der Waals surface area contributed by atoms with E-state index in [2.05, 4.69) is 39.7 Å². The second-order valence-electron chi connectivity index (χ2n) is 7.87. The summed E-state index contributed by atoms with van der Waals surface area (Å²) in [6.07, 6.45) is 2.24. The summed E-state index contributed by atoms with van der Waals surface area (Å²) < 4.78 is 4.79. The van der Waals surface area contributed by atoms with Gasteiger partial charge in [-0.15, -0.1) is 24.0 Å². The second kappa shape index (κ2) is 14.8. The second-order valence-corrected chi connectivity index (χ2v) is 7.87. The van der Waals surface area contributed by atoms with Gasteiger partial charge in [-0.25, -0.2) is 9.79 Å². The van der Waals surface area contributed by atoms with Crippen LogP contribution >= 0.6 is 24.0 Å². The number of ether oxygens (including phenoxy) is 1. The fourth-order valence-electron chi connectivity index (χ4n) is 3.30. The number of likely N-dealkylation sites (N-methyl/N-ethyl adjacent to an activating group) is 1. The molecular weight excluding hydrogens is 523 g/mol. The van der Waals surface area contributed by atoms with Gasteiger partial charge in [0.25, 0.3) is 0 Å². The summed E-state index contributed by atoms with van der Waals surface area (Å²) >= 11 is 0. The van der Waals surface area contributed by atoms with Gasteiger partial charge in [0.15, 0.2) is 5.96 Å². The molecule has 0 radical (unpaired) electrons. The minimum absolute atomic E-state index is 0. The maximum atomic E-state index is 12.0. The highest BCUT2D eigenvalue weighted by molar-refractivity contribution is 14.0. The van der Waals surface area contributed by atoms with Gasteiger partial charge < -0.3 is 30.1 Å². The lowest BCUT2D eigenvalue weighted by Gasteiger charge is -2.32. The zero-order valence-electron chi connectivity index (χ0n) is 19.5. The van der Waals surface area contributed by atoms with Crippen LogP contribution < -0.4 is 15.5 Å². The molecule has 180 valence electrons. The van der Waals surface area contributed by atoms with E-state index in [4.69, 9.17) is 4.74 Å². The van der Waals surface area contributed by atoms with Gasteiger partial charge in [-0.3, -0.25) is 4.79 Å². The van der Waals surface area contributed by atoms with Crippen LogP contribution in [0.3, 0.4) is 0 Å². The molecule has 1 fully saturated rings. The number of rotatable bonds is 8. The van der Waals surface area contributed by atoms with Crippen molar-refractivity contribution in [1.82, 2.24) is 20.4 Å². The Morgan fingerprint density at radius 2 is 1.81 bits per heavy atom. The van der Waals surface area contributed by atoms with E-state index in [1.807, 2.05) is 18.2 Å². The Labute approximate surface area is 208 Å². The molecule has 0 aliphatic carbocycles. The van der Waals surface area contributed by atoms with Crippen LogP contribution in [0.25, 0.3) is 0 Å². The molecule has 0 atom stereocenters. The van der Waals surface area contributed by atoms with Gasteiger partial charge in [-0.05, 0) is 31.4 Å². The van der Waals surface area contributed by atoms with Crippen molar-refractivity contribution in [2.24, 2.45) is 4.99 Å². The van der Waals surface area contributed by atoms with Crippen molar-refractivity contribution < 1.29 is 14.3 Å². The minimum atomic E-state index is -0.287. The minimum Gasteiger partial charge on any atom is -0.453 e. The number of nitrogens with zero attached hydrogens (tertiary/aromatic N) is 4. The van der Waals surface area contributed by atoms with E-state index < -0.39 is 0 Å². The van der Waals surface area contributed by atoms with E-state index in [1.165, 1.54) is 17.7 Å². The smallest absolute Gasteiger partial charge is 0.409 e.